The molecule has 0 radical (unpaired) electrons. The van der Waals surface area contributed by atoms with Gasteiger partial charge in [-0.25, -0.2) is 0 Å². The van der Waals surface area contributed by atoms with Gasteiger partial charge in [-0.3, -0.25) is 9.55 Å². The molecule has 27 heavy (non-hydrogen) atoms. The smallest absolute Gasteiger partial charge is 0.282 e. The second kappa shape index (κ2) is 6.57. The normalized spacial score (nSPS) is 16.7. The molecule has 1 N–H and O–H groups in total. The van der Waals surface area contributed by atoms with Crippen molar-refractivity contribution in [3.05, 3.63) is 58.7 Å². The number of aliphatic imine (C=N–C) groups is 1. The molecule has 3 rings (SSSR count). The maximum absolute atomic E-state index is 11.3. The Morgan fingerprint density at radius 2 is 1.85 bits per heavy atom. The van der Waals surface area contributed by atoms with E-state index in [4.69, 9.17) is 0 Å². The first kappa shape index (κ1) is 19.8. The molecular formula is C22H27NO3S. The van der Waals surface area contributed by atoms with Crippen molar-refractivity contribution >= 4 is 22.0 Å². The van der Waals surface area contributed by atoms with E-state index >= 15 is 0 Å². The lowest BCUT2D eigenvalue weighted by Crippen LogP contribution is -2.17. The number of rotatable bonds is 3. The van der Waals surface area contributed by atoms with Gasteiger partial charge in [0.25, 0.3) is 10.1 Å². The van der Waals surface area contributed by atoms with Crippen molar-refractivity contribution in [3.63, 3.8) is 0 Å². The standard InChI is InChI=1S/C22H27NO3S/c1-21(2,3)16-11-15(19-9-10-22(4,5)20(19)12-16)14-23-17-7-6-8-18(13-17)27(24,25)26/h6-8,11-14H,9-10H2,1-5H3,(H,24,25,26). The summed E-state index contributed by atoms with van der Waals surface area (Å²) in [5.74, 6) is 0. The highest BCUT2D eigenvalue weighted by Gasteiger charge is 2.32. The fourth-order valence-corrected chi connectivity index (χ4v) is 4.09. The molecule has 0 heterocycles. The summed E-state index contributed by atoms with van der Waals surface area (Å²) in [6.45, 7) is 11.2. The predicted octanol–water partition coefficient (Wildman–Crippen LogP) is 5.21. The molecule has 4 nitrogen and oxygen atoms in total. The van der Waals surface area contributed by atoms with Crippen LogP contribution >= 0.6 is 0 Å². The Labute approximate surface area is 162 Å². The summed E-state index contributed by atoms with van der Waals surface area (Å²) in [4.78, 5) is 4.35. The Kier molecular flexibility index (Phi) is 4.81. The van der Waals surface area contributed by atoms with E-state index in [1.54, 1.807) is 12.1 Å². The average molecular weight is 386 g/mol. The number of benzene rings is 2. The molecule has 1 aliphatic rings. The summed E-state index contributed by atoms with van der Waals surface area (Å²) in [6, 6.07) is 10.6. The lowest BCUT2D eigenvalue weighted by atomic mass is 9.79. The van der Waals surface area contributed by atoms with Crippen molar-refractivity contribution in [2.75, 3.05) is 0 Å². The highest BCUT2D eigenvalue weighted by Crippen LogP contribution is 2.42. The van der Waals surface area contributed by atoms with Crippen LogP contribution in [-0.4, -0.2) is 19.2 Å². The molecule has 0 spiro atoms. The number of fused-ring (bicyclic) bond motifs is 1. The molecule has 0 amide bonds. The molecule has 144 valence electrons. The minimum absolute atomic E-state index is 0.0289. The highest BCUT2D eigenvalue weighted by atomic mass is 32.2. The van der Waals surface area contributed by atoms with Gasteiger partial charge in [-0.1, -0.05) is 46.8 Å². The fraction of sp³-hybridized carbons (Fsp3) is 0.409. The van der Waals surface area contributed by atoms with E-state index in [1.807, 2.05) is 6.21 Å². The third kappa shape index (κ3) is 4.14. The maximum Gasteiger partial charge on any atom is 0.294 e. The van der Waals surface area contributed by atoms with Crippen LogP contribution in [0.4, 0.5) is 5.69 Å². The molecule has 0 bridgehead atoms. The molecule has 0 saturated carbocycles. The third-order valence-electron chi connectivity index (χ3n) is 5.35. The fourth-order valence-electron chi connectivity index (χ4n) is 3.57. The first-order valence-corrected chi connectivity index (χ1v) is 10.6. The second-order valence-electron chi connectivity index (χ2n) is 8.96. The summed E-state index contributed by atoms with van der Waals surface area (Å²) in [7, 11) is -4.23. The van der Waals surface area contributed by atoms with Gasteiger partial charge in [0.1, 0.15) is 0 Å². The number of nitrogens with zero attached hydrogens (tertiary/aromatic N) is 1. The van der Waals surface area contributed by atoms with Crippen molar-refractivity contribution in [2.45, 2.75) is 63.2 Å². The Morgan fingerprint density at radius 3 is 2.48 bits per heavy atom. The Balaban J connectivity index is 2.08. The highest BCUT2D eigenvalue weighted by molar-refractivity contribution is 7.85. The van der Waals surface area contributed by atoms with E-state index in [0.717, 1.165) is 18.4 Å². The minimum atomic E-state index is -4.23. The van der Waals surface area contributed by atoms with Gasteiger partial charge in [-0.2, -0.15) is 8.42 Å². The maximum atomic E-state index is 11.3. The minimum Gasteiger partial charge on any atom is -0.282 e. The molecule has 0 fully saturated rings. The van der Waals surface area contributed by atoms with Crippen LogP contribution < -0.4 is 0 Å². The summed E-state index contributed by atoms with van der Waals surface area (Å²) in [5, 5.41) is 0. The molecule has 0 aliphatic heterocycles. The van der Waals surface area contributed by atoms with Gasteiger partial charge in [-0.15, -0.1) is 0 Å². The van der Waals surface area contributed by atoms with Crippen molar-refractivity contribution in [3.8, 4) is 0 Å². The molecule has 2 aromatic rings. The number of hydrogen-bond donors (Lipinski definition) is 1. The van der Waals surface area contributed by atoms with Crippen LogP contribution in [0.3, 0.4) is 0 Å². The van der Waals surface area contributed by atoms with Crippen LogP contribution in [0.25, 0.3) is 0 Å². The van der Waals surface area contributed by atoms with E-state index in [9.17, 15) is 13.0 Å². The van der Waals surface area contributed by atoms with Gasteiger partial charge in [-0.05, 0) is 70.2 Å². The Bertz CT molecular complexity index is 1010. The van der Waals surface area contributed by atoms with Gasteiger partial charge in [0.2, 0.25) is 0 Å². The monoisotopic (exact) mass is 385 g/mol. The van der Waals surface area contributed by atoms with Crippen LogP contribution in [0.1, 0.15) is 63.3 Å². The summed E-state index contributed by atoms with van der Waals surface area (Å²) in [6.07, 6.45) is 3.94. The zero-order chi connectivity index (χ0) is 20.0. The van der Waals surface area contributed by atoms with Gasteiger partial charge in [0.05, 0.1) is 10.6 Å². The van der Waals surface area contributed by atoms with Crippen molar-refractivity contribution in [2.24, 2.45) is 4.99 Å². The third-order valence-corrected chi connectivity index (χ3v) is 6.20. The van der Waals surface area contributed by atoms with Crippen LogP contribution in [0.2, 0.25) is 0 Å². The second-order valence-corrected chi connectivity index (χ2v) is 10.4. The number of hydrogen-bond acceptors (Lipinski definition) is 3. The van der Waals surface area contributed by atoms with Gasteiger partial charge in [0, 0.05) is 6.21 Å². The summed E-state index contributed by atoms with van der Waals surface area (Å²) >= 11 is 0. The summed E-state index contributed by atoms with van der Waals surface area (Å²) in [5.41, 5.74) is 5.72. The van der Waals surface area contributed by atoms with E-state index in [1.165, 1.54) is 28.8 Å². The molecule has 0 unspecified atom stereocenters. The Morgan fingerprint density at radius 1 is 1.15 bits per heavy atom. The van der Waals surface area contributed by atoms with Crippen LogP contribution in [0.15, 0.2) is 46.3 Å². The first-order valence-electron chi connectivity index (χ1n) is 9.17. The van der Waals surface area contributed by atoms with E-state index < -0.39 is 10.1 Å². The Hall–Kier alpha value is -1.98. The van der Waals surface area contributed by atoms with Gasteiger partial charge < -0.3 is 0 Å². The van der Waals surface area contributed by atoms with Crippen molar-refractivity contribution in [1.82, 2.24) is 0 Å². The zero-order valence-electron chi connectivity index (χ0n) is 16.6. The molecule has 1 aliphatic carbocycles. The van der Waals surface area contributed by atoms with E-state index in [0.29, 0.717) is 5.69 Å². The lowest BCUT2D eigenvalue weighted by Gasteiger charge is -2.25. The molecule has 0 atom stereocenters. The molecule has 0 aromatic heterocycles. The average Bonchev–Trinajstić information content (AvgIpc) is 2.87. The zero-order valence-corrected chi connectivity index (χ0v) is 17.4. The van der Waals surface area contributed by atoms with E-state index in [2.05, 4.69) is 51.7 Å². The molecular weight excluding hydrogens is 358 g/mol. The lowest BCUT2D eigenvalue weighted by molar-refractivity contribution is 0.483. The van der Waals surface area contributed by atoms with Gasteiger partial charge in [0.15, 0.2) is 0 Å². The molecule has 2 aromatic carbocycles. The van der Waals surface area contributed by atoms with Crippen LogP contribution in [-0.2, 0) is 27.4 Å². The summed E-state index contributed by atoms with van der Waals surface area (Å²) < 4.78 is 31.9. The van der Waals surface area contributed by atoms with E-state index in [-0.39, 0.29) is 15.7 Å². The molecule has 5 heteroatoms. The van der Waals surface area contributed by atoms with Crippen LogP contribution in [0.5, 0.6) is 0 Å². The quantitative estimate of drug-likeness (QED) is 0.583. The van der Waals surface area contributed by atoms with Crippen LogP contribution in [0, 0.1) is 0 Å². The molecule has 0 saturated heterocycles. The SMILES string of the molecule is CC(C)(C)c1cc(C=Nc2cccc(S(=O)(=O)O)c2)c2c(c1)C(C)(C)CC2. The first-order chi connectivity index (χ1) is 12.4. The van der Waals surface area contributed by atoms with Crippen molar-refractivity contribution in [1.29, 1.82) is 0 Å². The largest absolute Gasteiger partial charge is 0.294 e. The van der Waals surface area contributed by atoms with Crippen molar-refractivity contribution < 1.29 is 13.0 Å². The topological polar surface area (TPSA) is 66.7 Å². The predicted molar refractivity (Wildman–Crippen MR) is 110 cm³/mol. The van der Waals surface area contributed by atoms with Gasteiger partial charge >= 0.3 is 0 Å².